The second-order valence-corrected chi connectivity index (χ2v) is 5.31. The Morgan fingerprint density at radius 2 is 1.05 bits per heavy atom. The van der Waals surface area contributed by atoms with Crippen LogP contribution in [0.25, 0.3) is 11.1 Å². The zero-order valence-corrected chi connectivity index (χ0v) is 12.6. The molecule has 20 heavy (non-hydrogen) atoms. The van der Waals surface area contributed by atoms with Crippen molar-refractivity contribution in [2.75, 3.05) is 0 Å². The first kappa shape index (κ1) is 14.4. The minimum atomic E-state index is 0.391. The van der Waals surface area contributed by atoms with E-state index in [1.54, 1.807) is 0 Å². The van der Waals surface area contributed by atoms with Crippen LogP contribution in [0.3, 0.4) is 0 Å². The van der Waals surface area contributed by atoms with Crippen molar-refractivity contribution in [2.45, 2.75) is 40.5 Å². The van der Waals surface area contributed by atoms with Crippen LogP contribution in [0.5, 0.6) is 11.5 Å². The van der Waals surface area contributed by atoms with Gasteiger partial charge in [0.2, 0.25) is 0 Å². The van der Waals surface area contributed by atoms with Crippen LogP contribution in [0.15, 0.2) is 24.3 Å². The summed E-state index contributed by atoms with van der Waals surface area (Å²) >= 11 is 0. The Balaban J connectivity index is 2.62. The second kappa shape index (κ2) is 5.58. The van der Waals surface area contributed by atoms with Gasteiger partial charge in [0.1, 0.15) is 11.5 Å². The van der Waals surface area contributed by atoms with Gasteiger partial charge in [-0.05, 0) is 84.3 Å². The molecule has 0 bridgehead atoms. The Kier molecular flexibility index (Phi) is 4.03. The molecule has 2 aromatic rings. The molecule has 0 spiro atoms. The quantitative estimate of drug-likeness (QED) is 0.861. The Morgan fingerprint density at radius 1 is 0.700 bits per heavy atom. The maximum absolute atomic E-state index is 10.0. The van der Waals surface area contributed by atoms with Crippen LogP contribution in [0.4, 0.5) is 0 Å². The van der Waals surface area contributed by atoms with Crippen molar-refractivity contribution >= 4 is 0 Å². The van der Waals surface area contributed by atoms with Gasteiger partial charge >= 0.3 is 0 Å². The smallest absolute Gasteiger partial charge is 0.121 e. The van der Waals surface area contributed by atoms with Crippen LogP contribution in [0.1, 0.15) is 36.1 Å². The Labute approximate surface area is 120 Å². The molecule has 0 heterocycles. The number of rotatable bonds is 3. The third kappa shape index (κ3) is 2.51. The highest BCUT2D eigenvalue weighted by atomic mass is 16.3. The Bertz CT molecular complexity index is 585. The lowest BCUT2D eigenvalue weighted by molar-refractivity contribution is 0.464. The van der Waals surface area contributed by atoms with Gasteiger partial charge < -0.3 is 10.2 Å². The second-order valence-electron chi connectivity index (χ2n) is 5.31. The van der Waals surface area contributed by atoms with Crippen molar-refractivity contribution in [3.05, 3.63) is 46.5 Å². The molecule has 0 radical (unpaired) electrons. The van der Waals surface area contributed by atoms with E-state index in [0.717, 1.165) is 46.2 Å². The van der Waals surface area contributed by atoms with Crippen molar-refractivity contribution < 1.29 is 10.2 Å². The fourth-order valence-electron chi connectivity index (χ4n) is 2.58. The molecular weight excluding hydrogens is 248 g/mol. The molecule has 2 aromatic carbocycles. The standard InChI is InChI=1S/C18H22O2/c1-5-13-9-15(7-11(3)17(13)19)16-8-12(4)18(20)14(6-2)10-16/h7-10,19-20H,5-6H2,1-4H3. The molecule has 0 unspecified atom stereocenters. The van der Waals surface area contributed by atoms with Crippen molar-refractivity contribution in [1.82, 2.24) is 0 Å². The summed E-state index contributed by atoms with van der Waals surface area (Å²) in [5, 5.41) is 20.1. The predicted molar refractivity (Wildman–Crippen MR) is 83.4 cm³/mol. The van der Waals surface area contributed by atoms with Crippen molar-refractivity contribution in [3.8, 4) is 22.6 Å². The van der Waals surface area contributed by atoms with Gasteiger partial charge in [0.25, 0.3) is 0 Å². The van der Waals surface area contributed by atoms with Crippen LogP contribution >= 0.6 is 0 Å². The summed E-state index contributed by atoms with van der Waals surface area (Å²) in [6, 6.07) is 8.07. The minimum absolute atomic E-state index is 0.391. The Hall–Kier alpha value is -1.96. The summed E-state index contributed by atoms with van der Waals surface area (Å²) in [5.41, 5.74) is 5.89. The SMILES string of the molecule is CCc1cc(-c2cc(C)c(O)c(CC)c2)cc(C)c1O. The predicted octanol–water partition coefficient (Wildman–Crippen LogP) is 4.51. The summed E-state index contributed by atoms with van der Waals surface area (Å²) in [6.07, 6.45) is 1.61. The molecule has 0 aliphatic rings. The van der Waals surface area contributed by atoms with Crippen LogP contribution in [0.2, 0.25) is 0 Å². The number of aromatic hydroxyl groups is 2. The summed E-state index contributed by atoms with van der Waals surface area (Å²) in [4.78, 5) is 0. The number of phenolic OH excluding ortho intramolecular Hbond substituents is 2. The molecule has 0 amide bonds. The van der Waals surface area contributed by atoms with Crippen LogP contribution in [-0.4, -0.2) is 10.2 Å². The van der Waals surface area contributed by atoms with Crippen LogP contribution < -0.4 is 0 Å². The fourth-order valence-corrected chi connectivity index (χ4v) is 2.58. The molecule has 0 aliphatic carbocycles. The summed E-state index contributed by atoms with van der Waals surface area (Å²) in [7, 11) is 0. The molecule has 2 rings (SSSR count). The van der Waals surface area contributed by atoms with E-state index in [1.807, 2.05) is 52.0 Å². The third-order valence-corrected chi connectivity index (χ3v) is 3.85. The highest BCUT2D eigenvalue weighted by Gasteiger charge is 2.10. The van der Waals surface area contributed by atoms with E-state index in [4.69, 9.17) is 0 Å². The molecule has 2 N–H and O–H groups in total. The van der Waals surface area contributed by atoms with E-state index < -0.39 is 0 Å². The number of hydrogen-bond donors (Lipinski definition) is 2. The summed E-state index contributed by atoms with van der Waals surface area (Å²) < 4.78 is 0. The summed E-state index contributed by atoms with van der Waals surface area (Å²) in [5.74, 6) is 0.782. The average molecular weight is 270 g/mol. The molecular formula is C18H22O2. The first-order chi connectivity index (χ1) is 9.47. The maximum atomic E-state index is 10.0. The molecule has 2 heteroatoms. The van der Waals surface area contributed by atoms with E-state index in [0.29, 0.717) is 11.5 Å². The van der Waals surface area contributed by atoms with E-state index >= 15 is 0 Å². The van der Waals surface area contributed by atoms with E-state index in [1.165, 1.54) is 0 Å². The van der Waals surface area contributed by atoms with Gasteiger partial charge in [-0.1, -0.05) is 13.8 Å². The monoisotopic (exact) mass is 270 g/mol. The normalized spacial score (nSPS) is 10.8. The topological polar surface area (TPSA) is 40.5 Å². The molecule has 0 saturated carbocycles. The highest BCUT2D eigenvalue weighted by Crippen LogP contribution is 2.34. The molecule has 0 saturated heterocycles. The molecule has 2 nitrogen and oxygen atoms in total. The van der Waals surface area contributed by atoms with Gasteiger partial charge in [-0.3, -0.25) is 0 Å². The van der Waals surface area contributed by atoms with Crippen molar-refractivity contribution in [2.24, 2.45) is 0 Å². The third-order valence-electron chi connectivity index (χ3n) is 3.85. The molecule has 0 fully saturated rings. The summed E-state index contributed by atoms with van der Waals surface area (Å²) in [6.45, 7) is 7.92. The van der Waals surface area contributed by atoms with Gasteiger partial charge in [-0.15, -0.1) is 0 Å². The zero-order chi connectivity index (χ0) is 14.9. The molecule has 0 aliphatic heterocycles. The van der Waals surface area contributed by atoms with Gasteiger partial charge in [0, 0.05) is 0 Å². The molecule has 106 valence electrons. The van der Waals surface area contributed by atoms with Crippen LogP contribution in [0, 0.1) is 13.8 Å². The minimum Gasteiger partial charge on any atom is -0.507 e. The lowest BCUT2D eigenvalue weighted by atomic mass is 9.94. The number of benzene rings is 2. The van der Waals surface area contributed by atoms with Gasteiger partial charge in [-0.25, -0.2) is 0 Å². The largest absolute Gasteiger partial charge is 0.507 e. The first-order valence-electron chi connectivity index (χ1n) is 7.13. The lowest BCUT2D eigenvalue weighted by Crippen LogP contribution is -1.91. The maximum Gasteiger partial charge on any atom is 0.121 e. The van der Waals surface area contributed by atoms with Gasteiger partial charge in [-0.2, -0.15) is 0 Å². The van der Waals surface area contributed by atoms with Crippen LogP contribution in [-0.2, 0) is 12.8 Å². The highest BCUT2D eigenvalue weighted by molar-refractivity contribution is 5.70. The van der Waals surface area contributed by atoms with Crippen molar-refractivity contribution in [3.63, 3.8) is 0 Å². The number of hydrogen-bond acceptors (Lipinski definition) is 2. The molecule has 0 atom stereocenters. The number of phenols is 2. The van der Waals surface area contributed by atoms with Gasteiger partial charge in [0.15, 0.2) is 0 Å². The van der Waals surface area contributed by atoms with E-state index in [-0.39, 0.29) is 0 Å². The van der Waals surface area contributed by atoms with Gasteiger partial charge in [0.05, 0.1) is 0 Å². The lowest BCUT2D eigenvalue weighted by Gasteiger charge is -2.13. The van der Waals surface area contributed by atoms with E-state index in [9.17, 15) is 10.2 Å². The molecule has 0 aromatic heterocycles. The number of aryl methyl sites for hydroxylation is 4. The van der Waals surface area contributed by atoms with E-state index in [2.05, 4.69) is 0 Å². The average Bonchev–Trinajstić information content (AvgIpc) is 2.44. The first-order valence-corrected chi connectivity index (χ1v) is 7.13. The van der Waals surface area contributed by atoms with Crippen molar-refractivity contribution in [1.29, 1.82) is 0 Å². The zero-order valence-electron chi connectivity index (χ0n) is 12.6. The fraction of sp³-hybridized carbons (Fsp3) is 0.333. The Morgan fingerprint density at radius 3 is 1.35 bits per heavy atom.